The van der Waals surface area contributed by atoms with Gasteiger partial charge in [0.2, 0.25) is 0 Å². The number of nitrogens with one attached hydrogen (secondary N) is 1. The normalized spacial score (nSPS) is 12.8. The van der Waals surface area contributed by atoms with Gasteiger partial charge in [-0.15, -0.1) is 0 Å². The number of halogens is 2. The third-order valence-corrected chi connectivity index (χ3v) is 2.63. The quantitative estimate of drug-likeness (QED) is 0.771. The summed E-state index contributed by atoms with van der Waals surface area (Å²) in [5.74, 6) is -0.696. The number of nitrogens with two attached hydrogens (primary N) is 1. The number of rotatable bonds is 5. The highest BCUT2D eigenvalue weighted by Crippen LogP contribution is 2.23. The van der Waals surface area contributed by atoms with E-state index in [2.05, 4.69) is 19.2 Å². The molecule has 1 aromatic rings. The first kappa shape index (κ1) is 13.7. The molecule has 0 heterocycles. The SMILES string of the molecule is CC(C)CCC(C)Nc1c(F)cc(N)cc1F. The highest BCUT2D eigenvalue weighted by molar-refractivity contribution is 5.54. The molecule has 3 N–H and O–H groups in total. The Balaban J connectivity index is 2.68. The Kier molecular flexibility index (Phi) is 4.73. The number of nitrogen functional groups attached to an aromatic ring is 1. The van der Waals surface area contributed by atoms with E-state index in [-0.39, 0.29) is 17.4 Å². The lowest BCUT2D eigenvalue weighted by molar-refractivity contribution is 0.521. The fourth-order valence-corrected chi connectivity index (χ4v) is 1.63. The largest absolute Gasteiger partial charge is 0.399 e. The van der Waals surface area contributed by atoms with E-state index >= 15 is 0 Å². The Morgan fingerprint density at radius 3 is 2.12 bits per heavy atom. The maximum atomic E-state index is 13.5. The molecule has 1 rings (SSSR count). The van der Waals surface area contributed by atoms with Gasteiger partial charge in [0, 0.05) is 11.7 Å². The predicted octanol–water partition coefficient (Wildman–Crippen LogP) is 3.78. The Labute approximate surface area is 101 Å². The van der Waals surface area contributed by atoms with Gasteiger partial charge in [0.15, 0.2) is 11.6 Å². The highest BCUT2D eigenvalue weighted by atomic mass is 19.1. The number of anilines is 2. The second kappa shape index (κ2) is 5.84. The molecule has 0 aliphatic rings. The molecule has 0 radical (unpaired) electrons. The molecule has 17 heavy (non-hydrogen) atoms. The van der Waals surface area contributed by atoms with Crippen LogP contribution in [0.1, 0.15) is 33.6 Å². The van der Waals surface area contributed by atoms with Gasteiger partial charge in [0.25, 0.3) is 0 Å². The molecule has 0 aliphatic carbocycles. The van der Waals surface area contributed by atoms with Crippen LogP contribution in [0.15, 0.2) is 12.1 Å². The summed E-state index contributed by atoms with van der Waals surface area (Å²) in [6.07, 6.45) is 1.90. The average Bonchev–Trinajstić information content (AvgIpc) is 2.20. The van der Waals surface area contributed by atoms with Gasteiger partial charge < -0.3 is 11.1 Å². The van der Waals surface area contributed by atoms with Crippen molar-refractivity contribution in [2.45, 2.75) is 39.7 Å². The number of hydrogen-bond donors (Lipinski definition) is 2. The second-order valence-electron chi connectivity index (χ2n) is 4.88. The van der Waals surface area contributed by atoms with Crippen LogP contribution in [0.5, 0.6) is 0 Å². The molecular weight excluding hydrogens is 222 g/mol. The van der Waals surface area contributed by atoms with E-state index in [0.717, 1.165) is 25.0 Å². The molecule has 0 aromatic heterocycles. The lowest BCUT2D eigenvalue weighted by Crippen LogP contribution is -2.18. The van der Waals surface area contributed by atoms with Crippen LogP contribution in [0.4, 0.5) is 20.2 Å². The smallest absolute Gasteiger partial charge is 0.151 e. The molecule has 0 saturated carbocycles. The van der Waals surface area contributed by atoms with Crippen LogP contribution in [-0.4, -0.2) is 6.04 Å². The molecule has 1 unspecified atom stereocenters. The fourth-order valence-electron chi connectivity index (χ4n) is 1.63. The zero-order valence-corrected chi connectivity index (χ0v) is 10.6. The minimum Gasteiger partial charge on any atom is -0.399 e. The first-order valence-corrected chi connectivity index (χ1v) is 5.91. The van der Waals surface area contributed by atoms with E-state index in [9.17, 15) is 8.78 Å². The summed E-state index contributed by atoms with van der Waals surface area (Å²) in [4.78, 5) is 0. The molecule has 0 fully saturated rings. The maximum absolute atomic E-state index is 13.5. The Hall–Kier alpha value is -1.32. The van der Waals surface area contributed by atoms with E-state index in [4.69, 9.17) is 5.73 Å². The molecule has 4 heteroatoms. The predicted molar refractivity (Wildman–Crippen MR) is 67.9 cm³/mol. The maximum Gasteiger partial charge on any atom is 0.151 e. The van der Waals surface area contributed by atoms with E-state index in [0.29, 0.717) is 5.92 Å². The molecule has 96 valence electrons. The summed E-state index contributed by atoms with van der Waals surface area (Å²) in [6.45, 7) is 6.16. The topological polar surface area (TPSA) is 38.0 Å². The van der Waals surface area contributed by atoms with Crippen LogP contribution in [0.25, 0.3) is 0 Å². The van der Waals surface area contributed by atoms with Crippen LogP contribution >= 0.6 is 0 Å². The van der Waals surface area contributed by atoms with Crippen LogP contribution in [0.2, 0.25) is 0 Å². The van der Waals surface area contributed by atoms with E-state index in [1.165, 1.54) is 0 Å². The summed E-state index contributed by atoms with van der Waals surface area (Å²) in [5, 5.41) is 2.86. The van der Waals surface area contributed by atoms with Gasteiger partial charge in [0.05, 0.1) is 0 Å². The number of benzene rings is 1. The summed E-state index contributed by atoms with van der Waals surface area (Å²) >= 11 is 0. The lowest BCUT2D eigenvalue weighted by Gasteiger charge is -2.17. The monoisotopic (exact) mass is 242 g/mol. The molecular formula is C13H20F2N2. The van der Waals surface area contributed by atoms with E-state index < -0.39 is 11.6 Å². The van der Waals surface area contributed by atoms with Crippen LogP contribution in [-0.2, 0) is 0 Å². The van der Waals surface area contributed by atoms with Crippen molar-refractivity contribution in [3.63, 3.8) is 0 Å². The minimum absolute atomic E-state index is 0.0324. The van der Waals surface area contributed by atoms with Crippen LogP contribution in [0, 0.1) is 17.6 Å². The van der Waals surface area contributed by atoms with Crippen molar-refractivity contribution in [2.24, 2.45) is 5.92 Å². The van der Waals surface area contributed by atoms with Gasteiger partial charge in [-0.25, -0.2) is 8.78 Å². The lowest BCUT2D eigenvalue weighted by atomic mass is 10.0. The molecule has 2 nitrogen and oxygen atoms in total. The van der Waals surface area contributed by atoms with Gasteiger partial charge >= 0.3 is 0 Å². The van der Waals surface area contributed by atoms with Gasteiger partial charge in [-0.3, -0.25) is 0 Å². The van der Waals surface area contributed by atoms with E-state index in [1.54, 1.807) is 0 Å². The third kappa shape index (κ3) is 4.21. The third-order valence-electron chi connectivity index (χ3n) is 2.63. The minimum atomic E-state index is -0.640. The number of hydrogen-bond acceptors (Lipinski definition) is 2. The molecule has 0 aliphatic heterocycles. The Bertz CT molecular complexity index is 355. The fraction of sp³-hybridized carbons (Fsp3) is 0.538. The zero-order chi connectivity index (χ0) is 13.0. The summed E-state index contributed by atoms with van der Waals surface area (Å²) in [5.41, 5.74) is 5.36. The highest BCUT2D eigenvalue weighted by Gasteiger charge is 2.13. The summed E-state index contributed by atoms with van der Waals surface area (Å²) in [6, 6.07) is 2.28. The molecule has 0 bridgehead atoms. The summed E-state index contributed by atoms with van der Waals surface area (Å²) < 4.78 is 27.0. The van der Waals surface area contributed by atoms with Gasteiger partial charge in [-0.2, -0.15) is 0 Å². The van der Waals surface area contributed by atoms with Crippen molar-refractivity contribution in [3.05, 3.63) is 23.8 Å². The van der Waals surface area contributed by atoms with Crippen molar-refractivity contribution in [1.82, 2.24) is 0 Å². The first-order valence-electron chi connectivity index (χ1n) is 5.91. The van der Waals surface area contributed by atoms with Crippen LogP contribution in [0.3, 0.4) is 0 Å². The molecule has 0 amide bonds. The van der Waals surface area contributed by atoms with Gasteiger partial charge in [-0.1, -0.05) is 13.8 Å². The van der Waals surface area contributed by atoms with Crippen molar-refractivity contribution in [3.8, 4) is 0 Å². The van der Waals surface area contributed by atoms with Gasteiger partial charge in [0.1, 0.15) is 5.69 Å². The van der Waals surface area contributed by atoms with Crippen molar-refractivity contribution < 1.29 is 8.78 Å². The molecule has 0 saturated heterocycles. The molecule has 0 spiro atoms. The van der Waals surface area contributed by atoms with E-state index in [1.807, 2.05) is 6.92 Å². The zero-order valence-electron chi connectivity index (χ0n) is 10.6. The molecule has 1 atom stereocenters. The van der Waals surface area contributed by atoms with Crippen molar-refractivity contribution in [2.75, 3.05) is 11.1 Å². The standard InChI is InChI=1S/C13H20F2N2/c1-8(2)4-5-9(3)17-13-11(14)6-10(16)7-12(13)15/h6-9,17H,4-5,16H2,1-3H3. The van der Waals surface area contributed by atoms with Gasteiger partial charge in [-0.05, 0) is 37.8 Å². The summed E-state index contributed by atoms with van der Waals surface area (Å²) in [7, 11) is 0. The first-order chi connectivity index (χ1) is 7.90. The van der Waals surface area contributed by atoms with Crippen LogP contribution < -0.4 is 11.1 Å². The molecule has 1 aromatic carbocycles. The second-order valence-corrected chi connectivity index (χ2v) is 4.88. The van der Waals surface area contributed by atoms with Crippen molar-refractivity contribution in [1.29, 1.82) is 0 Å². The Morgan fingerprint density at radius 1 is 1.12 bits per heavy atom. The Morgan fingerprint density at radius 2 is 1.65 bits per heavy atom. The van der Waals surface area contributed by atoms with Crippen molar-refractivity contribution >= 4 is 11.4 Å². The average molecular weight is 242 g/mol.